The molecule has 0 saturated carbocycles. The maximum atomic E-state index is 12.8. The van der Waals surface area contributed by atoms with E-state index in [0.717, 1.165) is 28.4 Å². The number of hydrogen-bond acceptors (Lipinski definition) is 6. The van der Waals surface area contributed by atoms with Crippen molar-refractivity contribution in [2.75, 3.05) is 11.9 Å². The number of fused-ring (bicyclic) bond motifs is 1. The van der Waals surface area contributed by atoms with Gasteiger partial charge in [0.05, 0.1) is 12.9 Å². The van der Waals surface area contributed by atoms with Crippen molar-refractivity contribution in [1.29, 1.82) is 0 Å². The van der Waals surface area contributed by atoms with Crippen LogP contribution in [0.4, 0.5) is 5.69 Å². The zero-order chi connectivity index (χ0) is 21.1. The lowest BCUT2D eigenvalue weighted by molar-refractivity contribution is -0.116. The van der Waals surface area contributed by atoms with Gasteiger partial charge in [0.15, 0.2) is 0 Å². The number of benzene rings is 2. The molecule has 0 aliphatic carbocycles. The van der Waals surface area contributed by atoms with Gasteiger partial charge >= 0.3 is 0 Å². The standard InChI is InChI=1S/C22H20N4O3S/c1-3-29-17-10-8-16(9-11-17)24-18(27)12-26-13-23-20-19(25-30-21(20)22(26)28)15-6-4-14(2)5-7-15/h4-11,13H,3,12H2,1-2H3,(H,24,27). The second kappa shape index (κ2) is 8.46. The summed E-state index contributed by atoms with van der Waals surface area (Å²) >= 11 is 1.10. The van der Waals surface area contributed by atoms with E-state index in [1.807, 2.05) is 38.1 Å². The number of aromatic nitrogens is 3. The van der Waals surface area contributed by atoms with Gasteiger partial charge in [-0.25, -0.2) is 4.98 Å². The molecule has 2 heterocycles. The van der Waals surface area contributed by atoms with E-state index in [9.17, 15) is 9.59 Å². The predicted molar refractivity (Wildman–Crippen MR) is 118 cm³/mol. The average molecular weight is 420 g/mol. The molecule has 152 valence electrons. The highest BCUT2D eigenvalue weighted by Gasteiger charge is 2.15. The summed E-state index contributed by atoms with van der Waals surface area (Å²) in [5.41, 5.74) is 3.63. The van der Waals surface area contributed by atoms with Crippen molar-refractivity contribution in [3.05, 3.63) is 70.8 Å². The minimum atomic E-state index is -0.314. The van der Waals surface area contributed by atoms with Gasteiger partial charge in [0.1, 0.15) is 28.2 Å². The van der Waals surface area contributed by atoms with Crippen LogP contribution >= 0.6 is 11.5 Å². The van der Waals surface area contributed by atoms with Crippen LogP contribution in [0.25, 0.3) is 21.5 Å². The third-order valence-corrected chi connectivity index (χ3v) is 5.36. The van der Waals surface area contributed by atoms with Crippen molar-refractivity contribution in [1.82, 2.24) is 13.9 Å². The number of rotatable bonds is 6. The number of ether oxygens (including phenoxy) is 1. The molecule has 1 amide bonds. The molecule has 0 atom stereocenters. The summed E-state index contributed by atoms with van der Waals surface area (Å²) in [5, 5.41) is 2.78. The lowest BCUT2D eigenvalue weighted by atomic mass is 10.1. The van der Waals surface area contributed by atoms with Crippen molar-refractivity contribution < 1.29 is 9.53 Å². The van der Waals surface area contributed by atoms with Gasteiger partial charge in [0, 0.05) is 11.3 Å². The number of carbonyl (C=O) groups is 1. The first-order chi connectivity index (χ1) is 14.5. The molecule has 7 nitrogen and oxygen atoms in total. The molecule has 4 aromatic rings. The molecular weight excluding hydrogens is 400 g/mol. The fourth-order valence-electron chi connectivity index (χ4n) is 3.03. The van der Waals surface area contributed by atoms with Gasteiger partial charge in [-0.15, -0.1) is 0 Å². The summed E-state index contributed by atoms with van der Waals surface area (Å²) in [6.45, 7) is 4.36. The van der Waals surface area contributed by atoms with E-state index in [1.54, 1.807) is 24.3 Å². The van der Waals surface area contributed by atoms with Gasteiger partial charge < -0.3 is 10.1 Å². The maximum absolute atomic E-state index is 12.8. The second-order valence-electron chi connectivity index (χ2n) is 6.76. The topological polar surface area (TPSA) is 86.1 Å². The molecule has 0 aliphatic heterocycles. The Morgan fingerprint density at radius 2 is 1.87 bits per heavy atom. The fraction of sp³-hybridized carbons (Fsp3) is 0.182. The summed E-state index contributed by atoms with van der Waals surface area (Å²) in [6.07, 6.45) is 1.40. The van der Waals surface area contributed by atoms with E-state index < -0.39 is 0 Å². The first kappa shape index (κ1) is 19.8. The van der Waals surface area contributed by atoms with Crippen LogP contribution in [-0.4, -0.2) is 26.4 Å². The van der Waals surface area contributed by atoms with E-state index in [4.69, 9.17) is 4.74 Å². The van der Waals surface area contributed by atoms with Crippen molar-refractivity contribution in [3.8, 4) is 17.0 Å². The van der Waals surface area contributed by atoms with Gasteiger partial charge in [-0.3, -0.25) is 14.2 Å². The molecule has 0 fully saturated rings. The number of anilines is 1. The van der Waals surface area contributed by atoms with Crippen LogP contribution in [0, 0.1) is 6.92 Å². The first-order valence-electron chi connectivity index (χ1n) is 9.49. The van der Waals surface area contributed by atoms with E-state index in [-0.39, 0.29) is 18.0 Å². The van der Waals surface area contributed by atoms with Gasteiger partial charge in [-0.05, 0) is 49.6 Å². The molecule has 0 saturated heterocycles. The Hall–Kier alpha value is -3.52. The Labute approximate surface area is 177 Å². The quantitative estimate of drug-likeness (QED) is 0.512. The molecule has 8 heteroatoms. The summed E-state index contributed by atoms with van der Waals surface area (Å²) in [4.78, 5) is 29.6. The smallest absolute Gasteiger partial charge is 0.273 e. The molecule has 0 aliphatic rings. The van der Waals surface area contributed by atoms with E-state index in [0.29, 0.717) is 28.2 Å². The van der Waals surface area contributed by atoms with Gasteiger partial charge in [0.2, 0.25) is 5.91 Å². The molecule has 2 aromatic heterocycles. The molecule has 2 aromatic carbocycles. The van der Waals surface area contributed by atoms with Crippen LogP contribution in [0.1, 0.15) is 12.5 Å². The highest BCUT2D eigenvalue weighted by atomic mass is 32.1. The van der Waals surface area contributed by atoms with Crippen LogP contribution in [0.3, 0.4) is 0 Å². The van der Waals surface area contributed by atoms with E-state index >= 15 is 0 Å². The third kappa shape index (κ3) is 4.08. The summed E-state index contributed by atoms with van der Waals surface area (Å²) < 4.78 is 11.5. The largest absolute Gasteiger partial charge is 0.494 e. The van der Waals surface area contributed by atoms with Crippen LogP contribution in [0.2, 0.25) is 0 Å². The molecule has 0 radical (unpaired) electrons. The second-order valence-corrected chi connectivity index (χ2v) is 7.53. The lowest BCUT2D eigenvalue weighted by Crippen LogP contribution is -2.27. The monoisotopic (exact) mass is 420 g/mol. The van der Waals surface area contributed by atoms with Crippen molar-refractivity contribution in [3.63, 3.8) is 0 Å². The summed E-state index contributed by atoms with van der Waals surface area (Å²) in [5.74, 6) is 0.418. The molecule has 4 rings (SSSR count). The van der Waals surface area contributed by atoms with Crippen molar-refractivity contribution in [2.24, 2.45) is 0 Å². The van der Waals surface area contributed by atoms with Crippen molar-refractivity contribution in [2.45, 2.75) is 20.4 Å². The average Bonchev–Trinajstić information content (AvgIpc) is 3.17. The lowest BCUT2D eigenvalue weighted by Gasteiger charge is -2.08. The number of amides is 1. The Bertz CT molecular complexity index is 1240. The van der Waals surface area contributed by atoms with E-state index in [1.165, 1.54) is 10.9 Å². The number of hydrogen-bond donors (Lipinski definition) is 1. The zero-order valence-corrected chi connectivity index (χ0v) is 17.4. The maximum Gasteiger partial charge on any atom is 0.273 e. The Kier molecular flexibility index (Phi) is 5.58. The molecular formula is C22H20N4O3S. The Morgan fingerprint density at radius 1 is 1.13 bits per heavy atom. The number of aryl methyl sites for hydroxylation is 1. The first-order valence-corrected chi connectivity index (χ1v) is 10.3. The van der Waals surface area contributed by atoms with Crippen LogP contribution in [0.5, 0.6) is 5.75 Å². The Balaban J connectivity index is 1.53. The highest BCUT2D eigenvalue weighted by Crippen LogP contribution is 2.27. The van der Waals surface area contributed by atoms with Gasteiger partial charge in [0.25, 0.3) is 5.56 Å². The van der Waals surface area contributed by atoms with Crippen LogP contribution in [0.15, 0.2) is 59.7 Å². The normalized spacial score (nSPS) is 10.9. The molecule has 0 unspecified atom stereocenters. The summed E-state index contributed by atoms with van der Waals surface area (Å²) in [6, 6.07) is 15.0. The van der Waals surface area contributed by atoms with Crippen LogP contribution < -0.4 is 15.6 Å². The predicted octanol–water partition coefficient (Wildman–Crippen LogP) is 3.87. The van der Waals surface area contributed by atoms with E-state index in [2.05, 4.69) is 14.7 Å². The SMILES string of the molecule is CCOc1ccc(NC(=O)Cn2cnc3c(-c4ccc(C)cc4)nsc3c2=O)cc1. The fourth-order valence-corrected chi connectivity index (χ4v) is 3.83. The minimum absolute atomic E-state index is 0.132. The van der Waals surface area contributed by atoms with Gasteiger partial charge in [-0.2, -0.15) is 4.37 Å². The molecule has 1 N–H and O–H groups in total. The highest BCUT2D eigenvalue weighted by molar-refractivity contribution is 7.13. The number of nitrogens with one attached hydrogen (secondary N) is 1. The number of carbonyl (C=O) groups excluding carboxylic acids is 1. The van der Waals surface area contributed by atoms with Gasteiger partial charge in [-0.1, -0.05) is 29.8 Å². The minimum Gasteiger partial charge on any atom is -0.494 e. The van der Waals surface area contributed by atoms with Crippen molar-refractivity contribution >= 4 is 33.3 Å². The summed E-state index contributed by atoms with van der Waals surface area (Å²) in [7, 11) is 0. The third-order valence-electron chi connectivity index (χ3n) is 4.54. The Morgan fingerprint density at radius 3 is 2.57 bits per heavy atom. The molecule has 0 bridgehead atoms. The molecule has 0 spiro atoms. The van der Waals surface area contributed by atoms with Crippen LogP contribution in [-0.2, 0) is 11.3 Å². The molecule has 30 heavy (non-hydrogen) atoms. The zero-order valence-electron chi connectivity index (χ0n) is 16.6. The number of nitrogens with zero attached hydrogens (tertiary/aromatic N) is 3.